The van der Waals surface area contributed by atoms with E-state index in [1.165, 1.54) is 104 Å². The Kier molecular flexibility index (Phi) is 7.49. The van der Waals surface area contributed by atoms with Gasteiger partial charge in [-0.05, 0) is 153 Å². The summed E-state index contributed by atoms with van der Waals surface area (Å²) in [5, 5.41) is 2.55. The first-order valence-corrected chi connectivity index (χ1v) is 21.1. The first-order valence-electron chi connectivity index (χ1n) is 21.1. The van der Waals surface area contributed by atoms with Gasteiger partial charge in [-0.25, -0.2) is 0 Å². The Hall–Kier alpha value is -6.18. The monoisotopic (exact) mass is 731 g/mol. The average Bonchev–Trinajstić information content (AvgIpc) is 3.56. The molecular weight excluding hydrogens is 687 g/mol. The zero-order valence-electron chi connectivity index (χ0n) is 32.2. The van der Waals surface area contributed by atoms with Crippen LogP contribution in [-0.2, 0) is 5.41 Å². The van der Waals surface area contributed by atoms with E-state index in [4.69, 9.17) is 0 Å². The van der Waals surface area contributed by atoms with Crippen molar-refractivity contribution >= 4 is 27.8 Å². The van der Waals surface area contributed by atoms with Crippen molar-refractivity contribution in [3.63, 3.8) is 0 Å². The quantitative estimate of drug-likeness (QED) is 0.165. The summed E-state index contributed by atoms with van der Waals surface area (Å²) >= 11 is 0. The fourth-order valence-electron chi connectivity index (χ4n) is 12.4. The number of fused-ring (bicyclic) bond motifs is 4. The molecule has 4 bridgehead atoms. The van der Waals surface area contributed by atoms with E-state index in [1.54, 1.807) is 11.1 Å². The van der Waals surface area contributed by atoms with Crippen LogP contribution in [0.4, 0.5) is 17.1 Å². The van der Waals surface area contributed by atoms with Crippen molar-refractivity contribution in [2.24, 2.45) is 23.7 Å². The molecule has 5 aliphatic rings. The van der Waals surface area contributed by atoms with E-state index >= 15 is 0 Å². The SMILES string of the molecule is c1ccc(-c2ccc(N(c3ccc(-c4cccc5ccccc45)cc3)c3ccc4c(c3)C3(c5ccccc5-4)C4CC5CC(C4)CC3C5)c(-c3ccccc3)c2)cc1. The smallest absolute Gasteiger partial charge is 0.0540 e. The number of hydrogen-bond donors (Lipinski definition) is 0. The molecule has 0 heterocycles. The zero-order chi connectivity index (χ0) is 37.5. The molecule has 1 heteroatoms. The predicted octanol–water partition coefficient (Wildman–Crippen LogP) is 15.0. The minimum Gasteiger partial charge on any atom is -0.310 e. The van der Waals surface area contributed by atoms with Crippen LogP contribution in [0.15, 0.2) is 188 Å². The van der Waals surface area contributed by atoms with E-state index in [2.05, 4.69) is 193 Å². The van der Waals surface area contributed by atoms with E-state index in [0.29, 0.717) is 11.8 Å². The van der Waals surface area contributed by atoms with Gasteiger partial charge in [-0.15, -0.1) is 0 Å². The molecule has 0 unspecified atom stereocenters. The fraction of sp³-hybridized carbons (Fsp3) is 0.179. The van der Waals surface area contributed by atoms with Crippen LogP contribution in [0.1, 0.15) is 43.2 Å². The van der Waals surface area contributed by atoms with Crippen molar-refractivity contribution in [1.82, 2.24) is 0 Å². The lowest BCUT2D eigenvalue weighted by Gasteiger charge is -2.61. The molecule has 57 heavy (non-hydrogen) atoms. The zero-order valence-corrected chi connectivity index (χ0v) is 32.2. The predicted molar refractivity (Wildman–Crippen MR) is 238 cm³/mol. The molecular formula is C56H45N. The molecule has 5 aliphatic carbocycles. The number of rotatable bonds is 6. The summed E-state index contributed by atoms with van der Waals surface area (Å²) in [6.07, 6.45) is 6.97. The summed E-state index contributed by atoms with van der Waals surface area (Å²) in [7, 11) is 0. The van der Waals surface area contributed by atoms with Gasteiger partial charge < -0.3 is 4.90 Å². The highest BCUT2D eigenvalue weighted by Gasteiger charge is 2.61. The van der Waals surface area contributed by atoms with E-state index in [0.717, 1.165) is 11.8 Å². The second-order valence-corrected chi connectivity index (χ2v) is 17.3. The van der Waals surface area contributed by atoms with Crippen molar-refractivity contribution in [1.29, 1.82) is 0 Å². The Morgan fingerprint density at radius 2 is 0.947 bits per heavy atom. The highest BCUT2D eigenvalue weighted by molar-refractivity contribution is 5.98. The Labute approximate surface area is 336 Å². The molecule has 1 nitrogen and oxygen atoms in total. The molecule has 8 aromatic carbocycles. The molecule has 1 spiro atoms. The molecule has 0 saturated heterocycles. The van der Waals surface area contributed by atoms with Gasteiger partial charge in [0, 0.05) is 22.4 Å². The van der Waals surface area contributed by atoms with E-state index in [1.807, 2.05) is 0 Å². The van der Waals surface area contributed by atoms with Crippen molar-refractivity contribution < 1.29 is 0 Å². The van der Waals surface area contributed by atoms with Crippen LogP contribution in [0, 0.1) is 23.7 Å². The second-order valence-electron chi connectivity index (χ2n) is 17.3. The highest BCUT2D eigenvalue weighted by atomic mass is 15.1. The first-order chi connectivity index (χ1) is 28.2. The number of hydrogen-bond acceptors (Lipinski definition) is 1. The Morgan fingerprint density at radius 3 is 1.72 bits per heavy atom. The minimum absolute atomic E-state index is 0.0959. The van der Waals surface area contributed by atoms with E-state index in [-0.39, 0.29) is 5.41 Å². The summed E-state index contributed by atoms with van der Waals surface area (Å²) in [6, 6.07) is 70.6. The maximum Gasteiger partial charge on any atom is 0.0540 e. The second kappa shape index (κ2) is 12.9. The molecule has 274 valence electrons. The minimum atomic E-state index is 0.0959. The van der Waals surface area contributed by atoms with Gasteiger partial charge in [0.2, 0.25) is 0 Å². The van der Waals surface area contributed by atoms with Gasteiger partial charge in [0.1, 0.15) is 0 Å². The summed E-state index contributed by atoms with van der Waals surface area (Å²) in [4.78, 5) is 2.55. The van der Waals surface area contributed by atoms with Crippen LogP contribution in [0.2, 0.25) is 0 Å². The number of nitrogens with zero attached hydrogens (tertiary/aromatic N) is 1. The normalized spacial score (nSPS) is 22.5. The van der Waals surface area contributed by atoms with Crippen LogP contribution in [0.25, 0.3) is 55.3 Å². The summed E-state index contributed by atoms with van der Waals surface area (Å²) < 4.78 is 0. The Bertz CT molecular complexity index is 2760. The van der Waals surface area contributed by atoms with Crippen LogP contribution >= 0.6 is 0 Å². The first kappa shape index (κ1) is 33.0. The van der Waals surface area contributed by atoms with Gasteiger partial charge >= 0.3 is 0 Å². The van der Waals surface area contributed by atoms with Gasteiger partial charge in [-0.1, -0.05) is 152 Å². The van der Waals surface area contributed by atoms with Crippen LogP contribution in [0.3, 0.4) is 0 Å². The van der Waals surface area contributed by atoms with Crippen LogP contribution in [0.5, 0.6) is 0 Å². The third kappa shape index (κ3) is 5.08. The fourth-order valence-corrected chi connectivity index (χ4v) is 12.4. The average molecular weight is 732 g/mol. The number of benzene rings is 8. The van der Waals surface area contributed by atoms with Crippen molar-refractivity contribution in [2.45, 2.75) is 37.5 Å². The summed E-state index contributed by atoms with van der Waals surface area (Å²) in [6.45, 7) is 0. The van der Waals surface area contributed by atoms with Crippen molar-refractivity contribution in [3.8, 4) is 44.5 Å². The Balaban J connectivity index is 1.07. The molecule has 0 amide bonds. The summed E-state index contributed by atoms with van der Waals surface area (Å²) in [5.41, 5.74) is 17.2. The van der Waals surface area contributed by atoms with Crippen molar-refractivity contribution in [2.75, 3.05) is 4.90 Å². The van der Waals surface area contributed by atoms with Crippen molar-refractivity contribution in [3.05, 3.63) is 199 Å². The molecule has 4 fully saturated rings. The summed E-state index contributed by atoms with van der Waals surface area (Å²) in [5.74, 6) is 3.24. The molecule has 0 aromatic heterocycles. The molecule has 0 radical (unpaired) electrons. The third-order valence-electron chi connectivity index (χ3n) is 14.5. The Morgan fingerprint density at radius 1 is 0.368 bits per heavy atom. The lowest BCUT2D eigenvalue weighted by Crippen LogP contribution is -2.55. The van der Waals surface area contributed by atoms with Gasteiger partial charge in [0.25, 0.3) is 0 Å². The van der Waals surface area contributed by atoms with Gasteiger partial charge in [0.15, 0.2) is 0 Å². The maximum absolute atomic E-state index is 2.64. The van der Waals surface area contributed by atoms with Gasteiger partial charge in [-0.2, -0.15) is 0 Å². The lowest BCUT2D eigenvalue weighted by molar-refractivity contribution is -0.0399. The largest absolute Gasteiger partial charge is 0.310 e. The third-order valence-corrected chi connectivity index (χ3v) is 14.5. The molecule has 4 saturated carbocycles. The topological polar surface area (TPSA) is 3.24 Å². The van der Waals surface area contributed by atoms with Crippen LogP contribution in [-0.4, -0.2) is 0 Å². The molecule has 13 rings (SSSR count). The molecule has 0 atom stereocenters. The molecule has 0 N–H and O–H groups in total. The molecule has 0 aliphatic heterocycles. The maximum atomic E-state index is 2.64. The number of anilines is 3. The van der Waals surface area contributed by atoms with Crippen LogP contribution < -0.4 is 4.90 Å². The van der Waals surface area contributed by atoms with Gasteiger partial charge in [0.05, 0.1) is 5.69 Å². The van der Waals surface area contributed by atoms with E-state index < -0.39 is 0 Å². The lowest BCUT2D eigenvalue weighted by atomic mass is 9.43. The van der Waals surface area contributed by atoms with E-state index in [9.17, 15) is 0 Å². The standard InChI is InChI=1S/C56H45N/c1-3-12-39(13-4-1)43-24-29-55(52(35-43)41-14-5-2-6-15-41)57(46-25-22-42(23-26-46)49-20-11-17-40-16-7-8-18-48(40)49)47-27-28-51-50-19-9-10-21-53(50)56(54(51)36-47)44-31-37-30-38(33-44)34-45(56)32-37/h1-29,35-38,44-45H,30-34H2. The van der Waals surface area contributed by atoms with Gasteiger partial charge in [-0.3, -0.25) is 0 Å². The highest BCUT2D eigenvalue weighted by Crippen LogP contribution is 2.69. The molecule has 8 aromatic rings.